The van der Waals surface area contributed by atoms with E-state index >= 15 is 0 Å². The minimum atomic E-state index is -1.56. The molecule has 0 aromatic heterocycles. The van der Waals surface area contributed by atoms with Gasteiger partial charge in [-0.2, -0.15) is 0 Å². The standard InChI is InChI=1S/C41H53N9O12/c1-22(2)16-30(44-20-26-6-4-5-7-28(26)42)39(58)49-32(17-24-8-11-27(51)12-9-24)40(59)46-23(3)38(57)45-21-35(53)47-31(18-25-10-14-34(52)33(19-25)50(61)62)41(60)48-29(37(43)56)13-15-36(54)55/h4-12,14,19,22-23,29-32,44,51-52H,13,15-18,20-21,42H2,1-3H3,(H2,43,56)(H,45,57)(H,46,59)(H,47,53)(H,48,60)(H,49,58)(H,54,55)/t23-,29-,30-,31-,32-/m0/s1. The van der Waals surface area contributed by atoms with Crippen molar-refractivity contribution in [2.75, 3.05) is 12.3 Å². The zero-order valence-electron chi connectivity index (χ0n) is 34.4. The Bertz CT molecular complexity index is 2100. The smallest absolute Gasteiger partial charge is 0.310 e. The molecule has 21 nitrogen and oxygen atoms in total. The number of nitro groups is 1. The molecule has 0 unspecified atom stereocenters. The Kier molecular flexibility index (Phi) is 18.6. The first-order chi connectivity index (χ1) is 29.2. The van der Waals surface area contributed by atoms with E-state index in [9.17, 15) is 53.9 Å². The highest BCUT2D eigenvalue weighted by atomic mass is 16.6. The van der Waals surface area contributed by atoms with Crippen molar-refractivity contribution in [1.29, 1.82) is 0 Å². The summed E-state index contributed by atoms with van der Waals surface area (Å²) in [6.45, 7) is 4.71. The van der Waals surface area contributed by atoms with Crippen LogP contribution in [-0.2, 0) is 52.9 Å². The number of nitrogens with one attached hydrogen (secondary N) is 6. The first-order valence-electron chi connectivity index (χ1n) is 19.5. The highest BCUT2D eigenvalue weighted by Crippen LogP contribution is 2.27. The molecule has 0 aliphatic carbocycles. The van der Waals surface area contributed by atoms with Gasteiger partial charge >= 0.3 is 11.7 Å². The van der Waals surface area contributed by atoms with E-state index in [1.807, 2.05) is 26.0 Å². The zero-order valence-corrected chi connectivity index (χ0v) is 34.4. The maximum absolute atomic E-state index is 13.7. The summed E-state index contributed by atoms with van der Waals surface area (Å²) in [7, 11) is 0. The summed E-state index contributed by atoms with van der Waals surface area (Å²) >= 11 is 0. The number of nitrogen functional groups attached to an aromatic ring is 1. The van der Waals surface area contributed by atoms with Crippen LogP contribution in [0.3, 0.4) is 0 Å². The first kappa shape index (κ1) is 49.1. The number of carboxylic acid groups (broad SMARTS) is 1. The molecule has 6 amide bonds. The number of anilines is 1. The molecule has 0 spiro atoms. The second-order valence-electron chi connectivity index (χ2n) is 14.9. The van der Waals surface area contributed by atoms with E-state index in [1.165, 1.54) is 25.1 Å². The van der Waals surface area contributed by atoms with Gasteiger partial charge in [-0.1, -0.05) is 50.2 Å². The largest absolute Gasteiger partial charge is 0.508 e. The molecular formula is C41H53N9O12. The third-order valence-corrected chi connectivity index (χ3v) is 9.44. The summed E-state index contributed by atoms with van der Waals surface area (Å²) in [6.07, 6.45) is -0.984. The molecule has 0 fully saturated rings. The van der Waals surface area contributed by atoms with Gasteiger partial charge in [-0.15, -0.1) is 0 Å². The Labute approximate surface area is 356 Å². The molecule has 3 rings (SSSR count). The molecule has 0 saturated carbocycles. The lowest BCUT2D eigenvalue weighted by Gasteiger charge is -2.25. The van der Waals surface area contributed by atoms with Gasteiger partial charge in [0.1, 0.15) is 29.9 Å². The number of phenols is 2. The van der Waals surface area contributed by atoms with Crippen molar-refractivity contribution in [2.24, 2.45) is 11.7 Å². The lowest BCUT2D eigenvalue weighted by molar-refractivity contribution is -0.385. The third kappa shape index (κ3) is 16.0. The molecule has 3 aromatic carbocycles. The quantitative estimate of drug-likeness (QED) is 0.0321. The average Bonchev–Trinajstić information content (AvgIpc) is 3.20. The SMILES string of the molecule is CC(C)C[C@H](NCc1ccccc1N)C(=O)N[C@@H](Cc1ccc(O)cc1)C(=O)N[C@@H](C)C(=O)NCC(=O)N[C@@H](Cc1ccc(O)c([N+](=O)[O-])c1)C(=O)N[C@@H](CCC(=O)O)C(N)=O. The summed E-state index contributed by atoms with van der Waals surface area (Å²) in [5.41, 5.74) is 12.7. The molecule has 0 aliphatic heterocycles. The van der Waals surface area contributed by atoms with Crippen molar-refractivity contribution in [2.45, 2.75) is 89.6 Å². The fourth-order valence-corrected chi connectivity index (χ4v) is 6.09. The van der Waals surface area contributed by atoms with E-state index < -0.39 is 107 Å². The number of nitrogens with zero attached hydrogens (tertiary/aromatic N) is 1. The van der Waals surface area contributed by atoms with Crippen LogP contribution >= 0.6 is 0 Å². The van der Waals surface area contributed by atoms with Gasteiger partial charge in [0.2, 0.25) is 35.4 Å². The second-order valence-corrected chi connectivity index (χ2v) is 14.9. The van der Waals surface area contributed by atoms with Crippen molar-refractivity contribution in [3.63, 3.8) is 0 Å². The van der Waals surface area contributed by atoms with Crippen LogP contribution in [0.5, 0.6) is 11.5 Å². The monoisotopic (exact) mass is 863 g/mol. The van der Waals surface area contributed by atoms with Crippen molar-refractivity contribution >= 4 is 52.8 Å². The van der Waals surface area contributed by atoms with Gasteiger partial charge in [0.05, 0.1) is 17.5 Å². The molecule has 334 valence electrons. The maximum atomic E-state index is 13.7. The Hall–Kier alpha value is -7.29. The number of aliphatic carboxylic acids is 1. The lowest BCUT2D eigenvalue weighted by Crippen LogP contribution is -2.57. The number of hydrogen-bond acceptors (Lipinski definition) is 13. The van der Waals surface area contributed by atoms with Gasteiger partial charge in [0.15, 0.2) is 5.75 Å². The van der Waals surface area contributed by atoms with Crippen LogP contribution in [0.15, 0.2) is 66.7 Å². The van der Waals surface area contributed by atoms with E-state index in [2.05, 4.69) is 31.9 Å². The van der Waals surface area contributed by atoms with E-state index in [-0.39, 0.29) is 36.6 Å². The van der Waals surface area contributed by atoms with Gasteiger partial charge in [-0.25, -0.2) is 0 Å². The number of carbonyl (C=O) groups excluding carboxylic acids is 6. The number of carbonyl (C=O) groups is 7. The van der Waals surface area contributed by atoms with Gasteiger partial charge in [-0.05, 0) is 66.6 Å². The summed E-state index contributed by atoms with van der Waals surface area (Å²) < 4.78 is 0. The molecule has 5 atom stereocenters. The number of amides is 6. The number of nitro benzene ring substituents is 1. The first-order valence-corrected chi connectivity index (χ1v) is 19.5. The Morgan fingerprint density at radius 1 is 0.742 bits per heavy atom. The van der Waals surface area contributed by atoms with Gasteiger partial charge < -0.3 is 58.7 Å². The molecule has 62 heavy (non-hydrogen) atoms. The Morgan fingerprint density at radius 2 is 1.32 bits per heavy atom. The minimum absolute atomic E-state index is 0.0172. The van der Waals surface area contributed by atoms with Gasteiger partial charge in [0.25, 0.3) is 0 Å². The summed E-state index contributed by atoms with van der Waals surface area (Å²) in [6, 6.07) is 10.1. The number of hydrogen-bond donors (Lipinski definition) is 11. The predicted octanol–water partition coefficient (Wildman–Crippen LogP) is 0.00330. The number of rotatable bonds is 24. The number of benzene rings is 3. The molecular weight excluding hydrogens is 811 g/mol. The molecule has 0 radical (unpaired) electrons. The van der Waals surface area contributed by atoms with Crippen LogP contribution in [-0.4, -0.2) is 98.4 Å². The molecule has 21 heteroatoms. The highest BCUT2D eigenvalue weighted by molar-refractivity contribution is 5.95. The van der Waals surface area contributed by atoms with Crippen LogP contribution in [0.1, 0.15) is 56.7 Å². The van der Waals surface area contributed by atoms with Crippen LogP contribution in [0.25, 0.3) is 0 Å². The van der Waals surface area contributed by atoms with Gasteiger partial charge in [-0.3, -0.25) is 43.7 Å². The Morgan fingerprint density at radius 3 is 1.94 bits per heavy atom. The zero-order chi connectivity index (χ0) is 46.1. The maximum Gasteiger partial charge on any atom is 0.310 e. The number of primary amides is 1. The summed E-state index contributed by atoms with van der Waals surface area (Å²) in [4.78, 5) is 101. The van der Waals surface area contributed by atoms with Crippen molar-refractivity contribution in [3.8, 4) is 11.5 Å². The predicted molar refractivity (Wildman–Crippen MR) is 224 cm³/mol. The fourth-order valence-electron chi connectivity index (χ4n) is 6.09. The molecule has 0 bridgehead atoms. The van der Waals surface area contributed by atoms with Crippen molar-refractivity contribution in [1.82, 2.24) is 31.9 Å². The van der Waals surface area contributed by atoms with E-state index in [4.69, 9.17) is 16.6 Å². The second kappa shape index (κ2) is 23.5. The van der Waals surface area contributed by atoms with Gasteiger partial charge in [0, 0.05) is 37.6 Å². The topological polar surface area (TPSA) is 348 Å². The summed E-state index contributed by atoms with van der Waals surface area (Å²) in [5, 5.41) is 55.6. The van der Waals surface area contributed by atoms with Crippen LogP contribution in [0.2, 0.25) is 0 Å². The van der Waals surface area contributed by atoms with Crippen LogP contribution < -0.4 is 43.4 Å². The van der Waals surface area contributed by atoms with Crippen molar-refractivity contribution < 1.29 is 53.8 Å². The molecule has 0 saturated heterocycles. The van der Waals surface area contributed by atoms with Crippen molar-refractivity contribution in [3.05, 3.63) is 93.5 Å². The summed E-state index contributed by atoms with van der Waals surface area (Å²) in [5.74, 6) is -7.02. The lowest BCUT2D eigenvalue weighted by atomic mass is 10.0. The van der Waals surface area contributed by atoms with E-state index in [0.717, 1.165) is 17.7 Å². The van der Waals surface area contributed by atoms with Crippen LogP contribution in [0.4, 0.5) is 11.4 Å². The number of aromatic hydroxyl groups is 2. The normalized spacial score (nSPS) is 13.4. The minimum Gasteiger partial charge on any atom is -0.508 e. The average molecular weight is 864 g/mol. The molecule has 0 aliphatic rings. The number of nitrogens with two attached hydrogens (primary N) is 2. The Balaban J connectivity index is 1.73. The fraction of sp³-hybridized carbons (Fsp3) is 0.390. The number of phenolic OH excluding ortho intramolecular Hbond substituents is 2. The molecule has 13 N–H and O–H groups in total. The molecule has 3 aromatic rings. The molecule has 0 heterocycles. The third-order valence-electron chi connectivity index (χ3n) is 9.44. The number of carboxylic acids is 1. The van der Waals surface area contributed by atoms with Crippen LogP contribution in [0, 0.1) is 16.0 Å². The highest BCUT2D eigenvalue weighted by Gasteiger charge is 2.30. The van der Waals surface area contributed by atoms with E-state index in [1.54, 1.807) is 24.3 Å². The van der Waals surface area contributed by atoms with E-state index in [0.29, 0.717) is 17.7 Å². The number of para-hydroxylation sites is 1.